The average molecular weight is 449 g/mol. The van der Waals surface area contributed by atoms with Gasteiger partial charge in [0.05, 0.1) is 11.9 Å². The van der Waals surface area contributed by atoms with Crippen molar-refractivity contribution in [1.82, 2.24) is 14.5 Å². The van der Waals surface area contributed by atoms with E-state index >= 15 is 0 Å². The van der Waals surface area contributed by atoms with Crippen LogP contribution in [-0.2, 0) is 37.1 Å². The van der Waals surface area contributed by atoms with Gasteiger partial charge in [0.1, 0.15) is 17.2 Å². The number of rotatable bonds is 4. The van der Waals surface area contributed by atoms with Crippen molar-refractivity contribution in [3.8, 4) is 0 Å². The number of carbonyl (C=O) groups is 1. The van der Waals surface area contributed by atoms with Gasteiger partial charge in [-0.05, 0) is 75.2 Å². The predicted molar refractivity (Wildman–Crippen MR) is 128 cm³/mol. The molecule has 3 aromatic rings. The third-order valence-corrected chi connectivity index (χ3v) is 8.38. The van der Waals surface area contributed by atoms with E-state index in [-0.39, 0.29) is 18.0 Å². The van der Waals surface area contributed by atoms with Gasteiger partial charge in [-0.2, -0.15) is 0 Å². The fraction of sp³-hybridized carbons (Fsp3) is 0.480. The number of nitrogens with zero attached hydrogens (tertiary/aromatic N) is 4. The van der Waals surface area contributed by atoms with Crippen molar-refractivity contribution in [3.63, 3.8) is 0 Å². The molecule has 3 aliphatic rings. The van der Waals surface area contributed by atoms with Gasteiger partial charge in [-0.3, -0.25) is 19.1 Å². The Bertz CT molecular complexity index is 1250. The number of fused-ring (bicyclic) bond motifs is 4. The minimum atomic E-state index is -0.0237. The maximum atomic E-state index is 13.8. The fourth-order valence-corrected chi connectivity index (χ4v) is 6.79. The standard InChI is InChI=1S/C25H28N4O2S/c30-22(28-14-11-17-7-1-3-9-19(17)28)16-29-21(15-27-12-5-6-13-27)26-24-23(25(29)31)18-8-2-4-10-20(18)32-24/h1,3,7,9H,2,4-6,8,10-16H2. The number of anilines is 1. The lowest BCUT2D eigenvalue weighted by Gasteiger charge is -2.21. The Balaban J connectivity index is 1.41. The Hall–Kier alpha value is -2.51. The summed E-state index contributed by atoms with van der Waals surface area (Å²) in [5, 5.41) is 0.768. The van der Waals surface area contributed by atoms with E-state index in [9.17, 15) is 9.59 Å². The zero-order valence-electron chi connectivity index (χ0n) is 18.3. The number of carbonyl (C=O) groups excluding carboxylic acids is 1. The molecule has 2 aliphatic heterocycles. The summed E-state index contributed by atoms with van der Waals surface area (Å²) >= 11 is 1.69. The molecule has 6 nitrogen and oxygen atoms in total. The molecular weight excluding hydrogens is 420 g/mol. The van der Waals surface area contributed by atoms with Crippen LogP contribution in [-0.4, -0.2) is 40.0 Å². The van der Waals surface area contributed by atoms with Crippen LogP contribution in [0, 0.1) is 0 Å². The van der Waals surface area contributed by atoms with Crippen molar-refractivity contribution >= 4 is 33.1 Å². The van der Waals surface area contributed by atoms with Crippen LogP contribution in [0.25, 0.3) is 10.2 Å². The minimum absolute atomic E-state index is 0.0232. The van der Waals surface area contributed by atoms with Gasteiger partial charge in [-0.15, -0.1) is 11.3 Å². The second-order valence-corrected chi connectivity index (χ2v) is 10.3. The summed E-state index contributed by atoms with van der Waals surface area (Å²) in [7, 11) is 0. The van der Waals surface area contributed by atoms with Gasteiger partial charge in [0, 0.05) is 17.1 Å². The van der Waals surface area contributed by atoms with E-state index in [1.807, 2.05) is 23.1 Å². The predicted octanol–water partition coefficient (Wildman–Crippen LogP) is 3.52. The molecule has 0 spiro atoms. The smallest absolute Gasteiger partial charge is 0.263 e. The van der Waals surface area contributed by atoms with Crippen LogP contribution in [0.3, 0.4) is 0 Å². The molecule has 0 bridgehead atoms. The summed E-state index contributed by atoms with van der Waals surface area (Å²) in [5.41, 5.74) is 3.35. The highest BCUT2D eigenvalue weighted by atomic mass is 32.1. The van der Waals surface area contributed by atoms with Crippen molar-refractivity contribution in [3.05, 3.63) is 56.4 Å². The molecule has 1 aliphatic carbocycles. The third-order valence-electron chi connectivity index (χ3n) is 7.20. The third kappa shape index (κ3) is 3.39. The minimum Gasteiger partial charge on any atom is -0.310 e. The van der Waals surface area contributed by atoms with E-state index in [4.69, 9.17) is 4.98 Å². The zero-order valence-corrected chi connectivity index (χ0v) is 19.1. The van der Waals surface area contributed by atoms with Crippen molar-refractivity contribution in [1.29, 1.82) is 0 Å². The maximum Gasteiger partial charge on any atom is 0.263 e. The largest absolute Gasteiger partial charge is 0.310 e. The first-order chi connectivity index (χ1) is 15.7. The van der Waals surface area contributed by atoms with Gasteiger partial charge in [0.2, 0.25) is 5.91 Å². The summed E-state index contributed by atoms with van der Waals surface area (Å²) in [4.78, 5) is 38.6. The van der Waals surface area contributed by atoms with Crippen molar-refractivity contribution in [2.75, 3.05) is 24.5 Å². The van der Waals surface area contributed by atoms with Crippen LogP contribution >= 0.6 is 11.3 Å². The van der Waals surface area contributed by atoms with Gasteiger partial charge in [-0.25, -0.2) is 4.98 Å². The van der Waals surface area contributed by atoms with Gasteiger partial charge < -0.3 is 4.90 Å². The maximum absolute atomic E-state index is 13.8. The SMILES string of the molecule is O=C(Cn1c(CN2CCCC2)nc2sc3c(c2c1=O)CCCC3)N1CCc2ccccc21. The Morgan fingerprint density at radius 1 is 1.00 bits per heavy atom. The van der Waals surface area contributed by atoms with Crippen LogP contribution in [0.2, 0.25) is 0 Å². The summed E-state index contributed by atoms with van der Waals surface area (Å²) in [6, 6.07) is 8.08. The first kappa shape index (κ1) is 20.1. The first-order valence-corrected chi connectivity index (χ1v) is 12.7. The molecule has 2 aromatic heterocycles. The molecule has 1 amide bonds. The monoisotopic (exact) mass is 448 g/mol. The number of likely N-dealkylation sites (tertiary alicyclic amines) is 1. The normalized spacial score (nSPS) is 18.3. The summed E-state index contributed by atoms with van der Waals surface area (Å²) < 4.78 is 1.69. The highest BCUT2D eigenvalue weighted by Crippen LogP contribution is 2.34. The Kier molecular flexibility index (Phi) is 5.11. The first-order valence-electron chi connectivity index (χ1n) is 11.8. The van der Waals surface area contributed by atoms with Crippen LogP contribution < -0.4 is 10.5 Å². The zero-order chi connectivity index (χ0) is 21.7. The molecule has 1 saturated heterocycles. The van der Waals surface area contributed by atoms with Crippen LogP contribution in [0.15, 0.2) is 29.1 Å². The second-order valence-electron chi connectivity index (χ2n) is 9.22. The lowest BCUT2D eigenvalue weighted by molar-refractivity contribution is -0.119. The molecule has 7 heteroatoms. The highest BCUT2D eigenvalue weighted by molar-refractivity contribution is 7.18. The molecule has 166 valence electrons. The number of para-hydroxylation sites is 1. The van der Waals surface area contributed by atoms with E-state index in [1.165, 1.54) is 35.3 Å². The quantitative estimate of drug-likeness (QED) is 0.613. The van der Waals surface area contributed by atoms with Gasteiger partial charge in [-0.1, -0.05) is 18.2 Å². The van der Waals surface area contributed by atoms with E-state index in [0.717, 1.165) is 60.5 Å². The van der Waals surface area contributed by atoms with Crippen LogP contribution in [0.5, 0.6) is 0 Å². The second kappa shape index (κ2) is 8.12. The molecule has 1 fully saturated rings. The number of benzene rings is 1. The number of hydrogen-bond acceptors (Lipinski definition) is 5. The van der Waals surface area contributed by atoms with Gasteiger partial charge >= 0.3 is 0 Å². The topological polar surface area (TPSA) is 58.4 Å². The molecule has 6 rings (SSSR count). The Labute approximate surface area is 191 Å². The van der Waals surface area contributed by atoms with E-state index < -0.39 is 0 Å². The number of aryl methyl sites for hydroxylation is 2. The molecule has 4 heterocycles. The van der Waals surface area contributed by atoms with Crippen molar-refractivity contribution in [2.45, 2.75) is 58.0 Å². The van der Waals surface area contributed by atoms with E-state index in [2.05, 4.69) is 11.0 Å². The molecule has 0 radical (unpaired) electrons. The fourth-order valence-electron chi connectivity index (χ4n) is 5.52. The van der Waals surface area contributed by atoms with Crippen LogP contribution in [0.1, 0.15) is 47.5 Å². The number of amides is 1. The Morgan fingerprint density at radius 3 is 2.69 bits per heavy atom. The molecule has 1 aromatic carbocycles. The number of aromatic nitrogens is 2. The molecular formula is C25H28N4O2S. The summed E-state index contributed by atoms with van der Waals surface area (Å²) in [6.45, 7) is 3.43. The van der Waals surface area contributed by atoms with Gasteiger partial charge in [0.15, 0.2) is 0 Å². The molecule has 0 unspecified atom stereocenters. The summed E-state index contributed by atoms with van der Waals surface area (Å²) in [6.07, 6.45) is 7.53. The lowest BCUT2D eigenvalue weighted by Crippen LogP contribution is -2.38. The number of hydrogen-bond donors (Lipinski definition) is 0. The van der Waals surface area contributed by atoms with Gasteiger partial charge in [0.25, 0.3) is 5.56 Å². The lowest BCUT2D eigenvalue weighted by atomic mass is 9.97. The van der Waals surface area contributed by atoms with Crippen molar-refractivity contribution < 1.29 is 4.79 Å². The summed E-state index contributed by atoms with van der Waals surface area (Å²) in [5.74, 6) is 0.716. The molecule has 0 N–H and O–H groups in total. The van der Waals surface area contributed by atoms with E-state index in [1.54, 1.807) is 15.9 Å². The van der Waals surface area contributed by atoms with E-state index in [0.29, 0.717) is 13.1 Å². The highest BCUT2D eigenvalue weighted by Gasteiger charge is 2.28. The molecule has 0 saturated carbocycles. The van der Waals surface area contributed by atoms with Crippen molar-refractivity contribution in [2.24, 2.45) is 0 Å². The Morgan fingerprint density at radius 2 is 1.81 bits per heavy atom. The van der Waals surface area contributed by atoms with Crippen LogP contribution in [0.4, 0.5) is 5.69 Å². The average Bonchev–Trinajstić information content (AvgIpc) is 3.54. The molecule has 32 heavy (non-hydrogen) atoms. The number of thiophene rings is 1. The molecule has 0 atom stereocenters.